The predicted molar refractivity (Wildman–Crippen MR) is 95.7 cm³/mol. The maximum Gasteiger partial charge on any atom is 0.167 e. The molecular weight excluding hydrogens is 316 g/mol. The molecule has 4 fully saturated rings. The third-order valence-electron chi connectivity index (χ3n) is 7.83. The van der Waals surface area contributed by atoms with Crippen LogP contribution < -0.4 is 0 Å². The summed E-state index contributed by atoms with van der Waals surface area (Å²) >= 11 is 0. The van der Waals surface area contributed by atoms with Gasteiger partial charge >= 0.3 is 0 Å². The van der Waals surface area contributed by atoms with Crippen molar-refractivity contribution in [1.82, 2.24) is 0 Å². The lowest BCUT2D eigenvalue weighted by Crippen LogP contribution is -2.76. The highest BCUT2D eigenvalue weighted by molar-refractivity contribution is 5.35. The minimum atomic E-state index is -0.606. The van der Waals surface area contributed by atoms with E-state index in [-0.39, 0.29) is 28.8 Å². The molecule has 0 radical (unpaired) electrons. The molecule has 2 aliphatic heterocycles. The molecule has 25 heavy (non-hydrogen) atoms. The lowest BCUT2D eigenvalue weighted by molar-refractivity contribution is -0.373. The van der Waals surface area contributed by atoms with Gasteiger partial charge in [0, 0.05) is 18.4 Å². The summed E-state index contributed by atoms with van der Waals surface area (Å²) in [6.07, 6.45) is 5.94. The Balaban J connectivity index is 1.92. The second-order valence-electron chi connectivity index (χ2n) is 9.58. The number of hydrogen-bond acceptors (Lipinski definition) is 4. The van der Waals surface area contributed by atoms with E-state index in [4.69, 9.17) is 9.47 Å². The highest BCUT2D eigenvalue weighted by atomic mass is 16.7. The molecule has 4 nitrogen and oxygen atoms in total. The first kappa shape index (κ1) is 17.7. The Hall–Kier alpha value is -0.680. The van der Waals surface area contributed by atoms with Crippen molar-refractivity contribution in [3.05, 3.63) is 24.3 Å². The number of ether oxygens (including phenoxy) is 2. The second-order valence-corrected chi connectivity index (χ2v) is 9.58. The average Bonchev–Trinajstić information content (AvgIpc) is 2.58. The van der Waals surface area contributed by atoms with E-state index in [0.717, 1.165) is 31.3 Å². The van der Waals surface area contributed by atoms with E-state index in [1.807, 2.05) is 6.08 Å². The van der Waals surface area contributed by atoms with Gasteiger partial charge in [-0.2, -0.15) is 0 Å². The summed E-state index contributed by atoms with van der Waals surface area (Å²) in [5.41, 5.74) is 0.458. The lowest BCUT2D eigenvalue weighted by Gasteiger charge is -2.70. The zero-order valence-corrected chi connectivity index (χ0v) is 15.9. The molecule has 3 aliphatic carbocycles. The minimum Gasteiger partial charge on any atom is -0.392 e. The number of fused-ring (bicyclic) bond motifs is 1. The van der Waals surface area contributed by atoms with Gasteiger partial charge in [0.25, 0.3) is 0 Å². The van der Waals surface area contributed by atoms with E-state index in [1.54, 1.807) is 7.11 Å². The summed E-state index contributed by atoms with van der Waals surface area (Å²) in [6.45, 7) is 10.6. The topological polar surface area (TPSA) is 58.9 Å². The number of aliphatic hydroxyl groups excluding tert-OH is 2. The molecule has 8 atom stereocenters. The Labute approximate surface area is 150 Å². The molecular formula is C21H32O4. The van der Waals surface area contributed by atoms with Gasteiger partial charge < -0.3 is 19.7 Å². The van der Waals surface area contributed by atoms with Crippen LogP contribution in [0.4, 0.5) is 0 Å². The maximum absolute atomic E-state index is 11.3. The molecule has 5 aliphatic rings. The number of hydrogen-bond donors (Lipinski definition) is 2. The molecule has 8 unspecified atom stereocenters. The van der Waals surface area contributed by atoms with Crippen LogP contribution in [0.15, 0.2) is 24.3 Å². The number of allylic oxidation sites excluding steroid dienone is 2. The summed E-state index contributed by atoms with van der Waals surface area (Å²) < 4.78 is 12.0. The largest absolute Gasteiger partial charge is 0.392 e. The number of methoxy groups -OCH3 is 1. The molecule has 1 spiro atoms. The van der Waals surface area contributed by atoms with Gasteiger partial charge in [0.1, 0.15) is 6.10 Å². The van der Waals surface area contributed by atoms with Crippen molar-refractivity contribution in [2.75, 3.05) is 7.11 Å². The van der Waals surface area contributed by atoms with E-state index in [9.17, 15) is 10.2 Å². The third kappa shape index (κ3) is 2.08. The van der Waals surface area contributed by atoms with Crippen LogP contribution >= 0.6 is 0 Å². The van der Waals surface area contributed by atoms with E-state index >= 15 is 0 Å². The van der Waals surface area contributed by atoms with Crippen LogP contribution in [0.2, 0.25) is 0 Å². The zero-order valence-electron chi connectivity index (χ0n) is 15.9. The van der Waals surface area contributed by atoms with Crippen molar-refractivity contribution < 1.29 is 19.7 Å². The molecule has 2 bridgehead atoms. The molecule has 0 aromatic carbocycles. The molecule has 2 heterocycles. The van der Waals surface area contributed by atoms with Gasteiger partial charge in [-0.15, -0.1) is 6.58 Å². The van der Waals surface area contributed by atoms with Crippen LogP contribution in [0.5, 0.6) is 0 Å². The first-order valence-corrected chi connectivity index (χ1v) is 9.62. The summed E-state index contributed by atoms with van der Waals surface area (Å²) in [6, 6.07) is 0. The monoisotopic (exact) mass is 348 g/mol. The van der Waals surface area contributed by atoms with Crippen LogP contribution in [0.3, 0.4) is 0 Å². The predicted octanol–water partition coefficient (Wildman–Crippen LogP) is 3.04. The van der Waals surface area contributed by atoms with Crippen molar-refractivity contribution >= 4 is 0 Å². The fourth-order valence-corrected chi connectivity index (χ4v) is 6.67. The highest BCUT2D eigenvalue weighted by Crippen LogP contribution is 2.69. The first-order chi connectivity index (χ1) is 11.7. The summed E-state index contributed by atoms with van der Waals surface area (Å²) in [7, 11) is 1.66. The molecule has 4 heteroatoms. The Bertz CT molecular complexity index is 611. The molecule has 5 rings (SSSR count). The average molecular weight is 348 g/mol. The van der Waals surface area contributed by atoms with Crippen LogP contribution in [0.1, 0.15) is 46.5 Å². The summed E-state index contributed by atoms with van der Waals surface area (Å²) in [4.78, 5) is 0. The van der Waals surface area contributed by atoms with Crippen molar-refractivity contribution in [3.8, 4) is 0 Å². The summed E-state index contributed by atoms with van der Waals surface area (Å²) in [5, 5.41) is 22.5. The molecule has 0 amide bonds. The molecule has 2 N–H and O–H groups in total. The van der Waals surface area contributed by atoms with Crippen LogP contribution in [0.25, 0.3) is 0 Å². The Kier molecular flexibility index (Phi) is 3.84. The summed E-state index contributed by atoms with van der Waals surface area (Å²) in [5.74, 6) is 0.176. The Morgan fingerprint density at radius 1 is 1.24 bits per heavy atom. The lowest BCUT2D eigenvalue weighted by atomic mass is 9.41. The van der Waals surface area contributed by atoms with Gasteiger partial charge in [0.2, 0.25) is 0 Å². The van der Waals surface area contributed by atoms with Gasteiger partial charge in [-0.3, -0.25) is 0 Å². The number of aliphatic hydroxyl groups is 2. The molecule has 2 saturated heterocycles. The fraction of sp³-hybridized carbons (Fsp3) is 0.810. The second kappa shape index (κ2) is 5.41. The molecule has 140 valence electrons. The van der Waals surface area contributed by atoms with Crippen LogP contribution in [-0.4, -0.2) is 41.9 Å². The zero-order chi connectivity index (χ0) is 18.2. The SMILES string of the molecule is C=CC1(C)C=C2C3OC(OC)C4(C(O)CCC(C)(C)C4C3O)C2CC1. The number of rotatable bonds is 2. The first-order valence-electron chi connectivity index (χ1n) is 9.62. The molecule has 0 aromatic heterocycles. The van der Waals surface area contributed by atoms with Crippen LogP contribution in [-0.2, 0) is 9.47 Å². The van der Waals surface area contributed by atoms with E-state index in [2.05, 4.69) is 33.4 Å². The van der Waals surface area contributed by atoms with Gasteiger partial charge in [-0.1, -0.05) is 32.9 Å². The third-order valence-corrected chi connectivity index (χ3v) is 7.83. The van der Waals surface area contributed by atoms with E-state index < -0.39 is 23.9 Å². The van der Waals surface area contributed by atoms with E-state index in [1.165, 1.54) is 0 Å². The minimum absolute atomic E-state index is 0.0253. The quantitative estimate of drug-likeness (QED) is 0.753. The molecule has 0 aromatic rings. The van der Waals surface area contributed by atoms with Gasteiger partial charge in [0.15, 0.2) is 6.29 Å². The Morgan fingerprint density at radius 2 is 1.96 bits per heavy atom. The van der Waals surface area contributed by atoms with Crippen molar-refractivity contribution in [3.63, 3.8) is 0 Å². The fourth-order valence-electron chi connectivity index (χ4n) is 6.67. The van der Waals surface area contributed by atoms with E-state index in [0.29, 0.717) is 0 Å². The van der Waals surface area contributed by atoms with Gasteiger partial charge in [-0.05, 0) is 42.6 Å². The smallest absolute Gasteiger partial charge is 0.167 e. The molecule has 2 saturated carbocycles. The van der Waals surface area contributed by atoms with Crippen LogP contribution in [0, 0.1) is 28.1 Å². The van der Waals surface area contributed by atoms with Gasteiger partial charge in [-0.25, -0.2) is 0 Å². The van der Waals surface area contributed by atoms with Crippen molar-refractivity contribution in [1.29, 1.82) is 0 Å². The Morgan fingerprint density at radius 3 is 2.60 bits per heavy atom. The standard InChI is InChI=1S/C21H32O4/c1-6-20(4)10-7-13-12(11-20)16-15(23)17-19(2,3)9-8-14(22)21(13,17)18(24-5)25-16/h6,11,13-18,22-23H,1,7-10H2,2-5H3. The maximum atomic E-state index is 11.3. The normalized spacial score (nSPS) is 53.6. The van der Waals surface area contributed by atoms with Crippen molar-refractivity contribution in [2.24, 2.45) is 28.1 Å². The van der Waals surface area contributed by atoms with Gasteiger partial charge in [0.05, 0.1) is 17.6 Å². The van der Waals surface area contributed by atoms with Crippen molar-refractivity contribution in [2.45, 2.75) is 71.1 Å². The highest BCUT2D eigenvalue weighted by Gasteiger charge is 2.73.